The Bertz CT molecular complexity index is 433. The summed E-state index contributed by atoms with van der Waals surface area (Å²) in [7, 11) is 0. The second-order valence-electron chi connectivity index (χ2n) is 4.18. The monoisotopic (exact) mass is 251 g/mol. The van der Waals surface area contributed by atoms with E-state index >= 15 is 0 Å². The molecule has 0 bridgehead atoms. The van der Waals surface area contributed by atoms with E-state index in [9.17, 15) is 9.90 Å². The van der Waals surface area contributed by atoms with Gasteiger partial charge in [-0.25, -0.2) is 0 Å². The molecule has 0 aliphatic carbocycles. The minimum atomic E-state index is -0.736. The molecule has 0 fully saturated rings. The summed E-state index contributed by atoms with van der Waals surface area (Å²) in [5, 5.41) is 12.6. The van der Waals surface area contributed by atoms with Crippen molar-refractivity contribution in [3.05, 3.63) is 23.8 Å². The molecule has 18 heavy (non-hydrogen) atoms. The molecule has 1 aromatic rings. The third-order valence-corrected chi connectivity index (χ3v) is 2.75. The van der Waals surface area contributed by atoms with Crippen molar-refractivity contribution in [2.75, 3.05) is 13.3 Å². The summed E-state index contributed by atoms with van der Waals surface area (Å²) in [6, 6.07) is 5.26. The predicted molar refractivity (Wildman–Crippen MR) is 65.4 cm³/mol. The number of fused-ring (bicyclic) bond motifs is 1. The quantitative estimate of drug-likeness (QED) is 0.829. The van der Waals surface area contributed by atoms with Crippen LogP contribution < -0.4 is 14.8 Å². The Kier molecular flexibility index (Phi) is 4.04. The number of hydrogen-bond donors (Lipinski definition) is 2. The van der Waals surface area contributed by atoms with Crippen molar-refractivity contribution in [1.82, 2.24) is 5.32 Å². The number of hydrogen-bond acceptors (Lipinski definition) is 4. The molecule has 2 N–H and O–H groups in total. The van der Waals surface area contributed by atoms with E-state index in [-0.39, 0.29) is 19.2 Å². The highest BCUT2D eigenvalue weighted by Gasteiger charge is 2.16. The lowest BCUT2D eigenvalue weighted by Gasteiger charge is -2.12. The minimum Gasteiger partial charge on any atom is -0.454 e. The fourth-order valence-corrected chi connectivity index (χ4v) is 1.76. The van der Waals surface area contributed by atoms with Gasteiger partial charge in [-0.2, -0.15) is 0 Å². The molecule has 0 spiro atoms. The number of rotatable bonds is 5. The first-order valence-corrected chi connectivity index (χ1v) is 6.05. The number of carbonyl (C=O) groups excluding carboxylic acids is 1. The summed E-state index contributed by atoms with van der Waals surface area (Å²) in [5.74, 6) is 1.27. The van der Waals surface area contributed by atoms with Crippen LogP contribution >= 0.6 is 0 Å². The average Bonchev–Trinajstić information content (AvgIpc) is 2.83. The third-order valence-electron chi connectivity index (χ3n) is 2.75. The van der Waals surface area contributed by atoms with Crippen molar-refractivity contribution in [2.45, 2.75) is 25.9 Å². The van der Waals surface area contributed by atoms with Crippen LogP contribution in [0, 0.1) is 0 Å². The van der Waals surface area contributed by atoms with E-state index in [1.165, 1.54) is 0 Å². The summed E-state index contributed by atoms with van der Waals surface area (Å²) >= 11 is 0. The number of amides is 1. The number of benzene rings is 1. The minimum absolute atomic E-state index is 0.0442. The maximum atomic E-state index is 11.3. The van der Waals surface area contributed by atoms with Crippen LogP contribution in [0.2, 0.25) is 0 Å². The third kappa shape index (κ3) is 2.92. The van der Waals surface area contributed by atoms with Gasteiger partial charge in [-0.3, -0.25) is 4.79 Å². The van der Waals surface area contributed by atoms with Crippen LogP contribution in [0.3, 0.4) is 0 Å². The van der Waals surface area contributed by atoms with E-state index in [0.29, 0.717) is 23.5 Å². The molecule has 1 atom stereocenters. The standard InChI is InChI=1S/C13H17NO4/c1-2-3-13(16)14-7-10(15)9-4-5-11-12(6-9)18-8-17-11/h4-6,10,15H,2-3,7-8H2,1H3,(H,14,16). The first-order valence-electron chi connectivity index (χ1n) is 6.05. The fraction of sp³-hybridized carbons (Fsp3) is 0.462. The Hall–Kier alpha value is -1.75. The van der Waals surface area contributed by atoms with Crippen LogP contribution in [0.4, 0.5) is 0 Å². The molecule has 0 saturated heterocycles. The lowest BCUT2D eigenvalue weighted by atomic mass is 10.1. The van der Waals surface area contributed by atoms with Gasteiger partial charge in [0, 0.05) is 13.0 Å². The van der Waals surface area contributed by atoms with E-state index in [0.717, 1.165) is 6.42 Å². The number of aliphatic hydroxyl groups excluding tert-OH is 1. The topological polar surface area (TPSA) is 67.8 Å². The molecule has 1 aliphatic heterocycles. The maximum Gasteiger partial charge on any atom is 0.231 e. The fourth-order valence-electron chi connectivity index (χ4n) is 1.76. The van der Waals surface area contributed by atoms with Crippen molar-refractivity contribution >= 4 is 5.91 Å². The van der Waals surface area contributed by atoms with Gasteiger partial charge in [0.25, 0.3) is 0 Å². The van der Waals surface area contributed by atoms with Crippen LogP contribution in [0.1, 0.15) is 31.4 Å². The molecule has 1 heterocycles. The Labute approximate surface area is 106 Å². The van der Waals surface area contributed by atoms with E-state index in [1.807, 2.05) is 6.92 Å². The van der Waals surface area contributed by atoms with Gasteiger partial charge < -0.3 is 19.9 Å². The number of aliphatic hydroxyl groups is 1. The largest absolute Gasteiger partial charge is 0.454 e. The first kappa shape index (κ1) is 12.7. The molecule has 0 aromatic heterocycles. The molecular formula is C13H17NO4. The molecule has 5 heteroatoms. The second kappa shape index (κ2) is 5.73. The van der Waals surface area contributed by atoms with Gasteiger partial charge in [-0.15, -0.1) is 0 Å². The highest BCUT2D eigenvalue weighted by Crippen LogP contribution is 2.33. The maximum absolute atomic E-state index is 11.3. The van der Waals surface area contributed by atoms with Crippen LogP contribution in [0.15, 0.2) is 18.2 Å². The van der Waals surface area contributed by atoms with E-state index < -0.39 is 6.10 Å². The zero-order chi connectivity index (χ0) is 13.0. The molecule has 0 saturated carbocycles. The van der Waals surface area contributed by atoms with Gasteiger partial charge in [0.2, 0.25) is 12.7 Å². The van der Waals surface area contributed by atoms with Gasteiger partial charge in [0.15, 0.2) is 11.5 Å². The molecule has 0 radical (unpaired) electrons. The van der Waals surface area contributed by atoms with Crippen molar-refractivity contribution < 1.29 is 19.4 Å². The second-order valence-corrected chi connectivity index (χ2v) is 4.18. The van der Waals surface area contributed by atoms with Gasteiger partial charge in [-0.1, -0.05) is 13.0 Å². The van der Waals surface area contributed by atoms with Gasteiger partial charge in [-0.05, 0) is 24.1 Å². The summed E-state index contributed by atoms with van der Waals surface area (Å²) in [4.78, 5) is 11.3. The summed E-state index contributed by atoms with van der Waals surface area (Å²) in [6.45, 7) is 2.36. The lowest BCUT2D eigenvalue weighted by molar-refractivity contribution is -0.121. The molecule has 1 unspecified atom stereocenters. The zero-order valence-electron chi connectivity index (χ0n) is 10.3. The smallest absolute Gasteiger partial charge is 0.231 e. The predicted octanol–water partition coefficient (Wildman–Crippen LogP) is 1.36. The number of nitrogens with one attached hydrogen (secondary N) is 1. The lowest BCUT2D eigenvalue weighted by Crippen LogP contribution is -2.27. The summed E-state index contributed by atoms with van der Waals surface area (Å²) in [5.41, 5.74) is 0.705. The molecular weight excluding hydrogens is 234 g/mol. The SMILES string of the molecule is CCCC(=O)NCC(O)c1ccc2c(c1)OCO2. The van der Waals surface area contributed by atoms with E-state index in [4.69, 9.17) is 9.47 Å². The van der Waals surface area contributed by atoms with Crippen molar-refractivity contribution in [3.63, 3.8) is 0 Å². The van der Waals surface area contributed by atoms with Crippen LogP contribution in [0.5, 0.6) is 11.5 Å². The van der Waals surface area contributed by atoms with Crippen molar-refractivity contribution in [1.29, 1.82) is 0 Å². The van der Waals surface area contributed by atoms with Gasteiger partial charge in [0.1, 0.15) is 0 Å². The van der Waals surface area contributed by atoms with Crippen molar-refractivity contribution in [3.8, 4) is 11.5 Å². The van der Waals surface area contributed by atoms with E-state index in [2.05, 4.69) is 5.32 Å². The van der Waals surface area contributed by atoms with Crippen LogP contribution in [-0.2, 0) is 4.79 Å². The summed E-state index contributed by atoms with van der Waals surface area (Å²) in [6.07, 6.45) is 0.542. The normalized spacial score (nSPS) is 14.3. The van der Waals surface area contributed by atoms with Crippen LogP contribution in [-0.4, -0.2) is 24.4 Å². The Morgan fingerprint density at radius 2 is 2.22 bits per heavy atom. The van der Waals surface area contributed by atoms with E-state index in [1.54, 1.807) is 18.2 Å². The molecule has 2 rings (SSSR count). The Morgan fingerprint density at radius 3 is 3.00 bits per heavy atom. The molecule has 5 nitrogen and oxygen atoms in total. The number of carbonyl (C=O) groups is 1. The first-order chi connectivity index (χ1) is 8.70. The molecule has 1 aliphatic rings. The van der Waals surface area contributed by atoms with Gasteiger partial charge in [0.05, 0.1) is 6.10 Å². The average molecular weight is 251 g/mol. The van der Waals surface area contributed by atoms with Gasteiger partial charge >= 0.3 is 0 Å². The highest BCUT2D eigenvalue weighted by molar-refractivity contribution is 5.75. The Morgan fingerprint density at radius 1 is 1.44 bits per heavy atom. The van der Waals surface area contributed by atoms with Crippen molar-refractivity contribution in [2.24, 2.45) is 0 Å². The summed E-state index contributed by atoms with van der Waals surface area (Å²) < 4.78 is 10.4. The molecule has 1 amide bonds. The number of ether oxygens (including phenoxy) is 2. The zero-order valence-corrected chi connectivity index (χ0v) is 10.3. The molecule has 1 aromatic carbocycles. The highest BCUT2D eigenvalue weighted by atomic mass is 16.7. The van der Waals surface area contributed by atoms with Crippen LogP contribution in [0.25, 0.3) is 0 Å². The molecule has 98 valence electrons. The Balaban J connectivity index is 1.92.